The number of benzene rings is 2. The molecule has 0 fully saturated rings. The normalized spacial score (nSPS) is 11.8. The molecule has 3 aromatic rings. The van der Waals surface area contributed by atoms with Crippen LogP contribution in [0.15, 0.2) is 47.3 Å². The van der Waals surface area contributed by atoms with Gasteiger partial charge in [0.05, 0.1) is 21.9 Å². The molecule has 3 rings (SSSR count). The summed E-state index contributed by atoms with van der Waals surface area (Å²) in [5, 5.41) is 14.1. The first-order valence-electron chi connectivity index (χ1n) is 8.78. The fraction of sp³-hybridized carbons (Fsp3) is 0.211. The first-order chi connectivity index (χ1) is 13.8. The van der Waals surface area contributed by atoms with Crippen molar-refractivity contribution in [1.82, 2.24) is 14.9 Å². The van der Waals surface area contributed by atoms with Gasteiger partial charge >= 0.3 is 6.03 Å². The number of fused-ring (bicyclic) bond motifs is 1. The number of rotatable bonds is 5. The SMILES string of the molecule is CCC(c1nc2ccccc2c(=O)[nH]1)N(C)C(=O)Nc1ccc(Cl)c([N+](=O)[O-])c1. The van der Waals surface area contributed by atoms with Gasteiger partial charge in [0.2, 0.25) is 0 Å². The summed E-state index contributed by atoms with van der Waals surface area (Å²) in [7, 11) is 1.56. The lowest BCUT2D eigenvalue weighted by atomic mass is 10.1. The van der Waals surface area contributed by atoms with Gasteiger partial charge in [-0.2, -0.15) is 0 Å². The van der Waals surface area contributed by atoms with Crippen molar-refractivity contribution in [2.45, 2.75) is 19.4 Å². The number of hydrogen-bond acceptors (Lipinski definition) is 5. The third-order valence-corrected chi connectivity index (χ3v) is 4.84. The Bertz CT molecular complexity index is 1150. The predicted molar refractivity (Wildman–Crippen MR) is 110 cm³/mol. The summed E-state index contributed by atoms with van der Waals surface area (Å²) in [6.07, 6.45) is 0.492. The highest BCUT2D eigenvalue weighted by Gasteiger charge is 2.24. The van der Waals surface area contributed by atoms with E-state index >= 15 is 0 Å². The van der Waals surface area contributed by atoms with Crippen molar-refractivity contribution in [2.24, 2.45) is 0 Å². The molecule has 10 heteroatoms. The Morgan fingerprint density at radius 1 is 1.34 bits per heavy atom. The van der Waals surface area contributed by atoms with Gasteiger partial charge in [-0.05, 0) is 30.7 Å². The lowest BCUT2D eigenvalue weighted by Crippen LogP contribution is -2.36. The van der Waals surface area contributed by atoms with Crippen LogP contribution in [0.25, 0.3) is 10.9 Å². The quantitative estimate of drug-likeness (QED) is 0.480. The van der Waals surface area contributed by atoms with Crippen molar-refractivity contribution in [1.29, 1.82) is 0 Å². The minimum atomic E-state index is -0.625. The van der Waals surface area contributed by atoms with Crippen LogP contribution in [0.4, 0.5) is 16.2 Å². The summed E-state index contributed by atoms with van der Waals surface area (Å²) < 4.78 is 0. The fourth-order valence-corrected chi connectivity index (χ4v) is 3.18. The molecule has 0 aliphatic rings. The Labute approximate surface area is 170 Å². The third kappa shape index (κ3) is 4.19. The van der Waals surface area contributed by atoms with Crippen LogP contribution < -0.4 is 10.9 Å². The van der Waals surface area contributed by atoms with E-state index in [9.17, 15) is 19.7 Å². The minimum absolute atomic E-state index is 0.0225. The number of anilines is 1. The van der Waals surface area contributed by atoms with E-state index in [-0.39, 0.29) is 22.0 Å². The van der Waals surface area contributed by atoms with E-state index in [1.807, 2.05) is 6.92 Å². The summed E-state index contributed by atoms with van der Waals surface area (Å²) in [5.74, 6) is 0.357. The number of H-pyrrole nitrogens is 1. The number of carbonyl (C=O) groups excluding carboxylic acids is 1. The maximum Gasteiger partial charge on any atom is 0.322 e. The molecule has 0 aliphatic carbocycles. The smallest absolute Gasteiger partial charge is 0.317 e. The van der Waals surface area contributed by atoms with Gasteiger partial charge in [0.1, 0.15) is 10.8 Å². The van der Waals surface area contributed by atoms with Crippen LogP contribution in [0, 0.1) is 10.1 Å². The molecule has 2 amide bonds. The number of nitrogens with zero attached hydrogens (tertiary/aromatic N) is 3. The first-order valence-corrected chi connectivity index (χ1v) is 9.16. The van der Waals surface area contributed by atoms with Crippen molar-refractivity contribution in [3.63, 3.8) is 0 Å². The van der Waals surface area contributed by atoms with Crippen LogP contribution in [0.2, 0.25) is 5.02 Å². The van der Waals surface area contributed by atoms with E-state index in [4.69, 9.17) is 11.6 Å². The van der Waals surface area contributed by atoms with Crippen LogP contribution in [0.5, 0.6) is 0 Å². The van der Waals surface area contributed by atoms with E-state index in [0.29, 0.717) is 23.1 Å². The second-order valence-electron chi connectivity index (χ2n) is 6.36. The largest absolute Gasteiger partial charge is 0.322 e. The zero-order valence-corrected chi connectivity index (χ0v) is 16.4. The van der Waals surface area contributed by atoms with Crippen LogP contribution in [-0.2, 0) is 0 Å². The van der Waals surface area contributed by atoms with Crippen LogP contribution >= 0.6 is 11.6 Å². The second-order valence-corrected chi connectivity index (χ2v) is 6.76. The molecule has 0 radical (unpaired) electrons. The Balaban J connectivity index is 1.87. The molecule has 0 spiro atoms. The number of nitrogens with one attached hydrogen (secondary N) is 2. The average Bonchev–Trinajstić information content (AvgIpc) is 2.69. The molecule has 29 heavy (non-hydrogen) atoms. The molecule has 1 atom stereocenters. The van der Waals surface area contributed by atoms with Gasteiger partial charge in [0.25, 0.3) is 11.2 Å². The summed E-state index contributed by atoms with van der Waals surface area (Å²) in [6.45, 7) is 1.86. The Hall–Kier alpha value is -3.46. The molecular weight excluding hydrogens is 398 g/mol. The fourth-order valence-electron chi connectivity index (χ4n) is 3.00. The van der Waals surface area contributed by atoms with Gasteiger partial charge in [0.15, 0.2) is 0 Å². The number of hydrogen-bond donors (Lipinski definition) is 2. The van der Waals surface area contributed by atoms with E-state index in [1.165, 1.54) is 23.1 Å². The molecule has 2 aromatic carbocycles. The first kappa shape index (κ1) is 20.3. The second kappa shape index (κ2) is 8.27. The molecule has 2 N–H and O–H groups in total. The molecule has 1 aromatic heterocycles. The molecule has 1 unspecified atom stereocenters. The summed E-state index contributed by atoms with van der Waals surface area (Å²) in [6, 6.07) is 9.92. The van der Waals surface area contributed by atoms with E-state index in [2.05, 4.69) is 15.3 Å². The van der Waals surface area contributed by atoms with Gasteiger partial charge in [-0.25, -0.2) is 9.78 Å². The zero-order chi connectivity index (χ0) is 21.1. The number of amides is 2. The molecule has 150 valence electrons. The summed E-state index contributed by atoms with van der Waals surface area (Å²) >= 11 is 5.80. The topological polar surface area (TPSA) is 121 Å². The van der Waals surface area contributed by atoms with E-state index < -0.39 is 17.0 Å². The van der Waals surface area contributed by atoms with Crippen molar-refractivity contribution in [3.05, 3.63) is 73.8 Å². The zero-order valence-electron chi connectivity index (χ0n) is 15.7. The molecular formula is C19H18ClN5O4. The third-order valence-electron chi connectivity index (χ3n) is 4.52. The predicted octanol–water partition coefficient (Wildman–Crippen LogP) is 4.10. The maximum atomic E-state index is 12.7. The maximum absolute atomic E-state index is 12.7. The lowest BCUT2D eigenvalue weighted by molar-refractivity contribution is -0.384. The number of halogens is 1. The Kier molecular flexibility index (Phi) is 5.79. The molecule has 0 bridgehead atoms. The van der Waals surface area contributed by atoms with Gasteiger partial charge in [0, 0.05) is 18.8 Å². The van der Waals surface area contributed by atoms with Crippen LogP contribution in [0.3, 0.4) is 0 Å². The molecule has 0 aliphatic heterocycles. The number of nitro groups is 1. The minimum Gasteiger partial charge on any atom is -0.317 e. The number of carbonyl (C=O) groups is 1. The highest BCUT2D eigenvalue weighted by molar-refractivity contribution is 6.32. The van der Waals surface area contributed by atoms with Gasteiger partial charge in [-0.3, -0.25) is 14.9 Å². The van der Waals surface area contributed by atoms with E-state index in [1.54, 1.807) is 31.3 Å². The monoisotopic (exact) mass is 415 g/mol. The van der Waals surface area contributed by atoms with Crippen LogP contribution in [0.1, 0.15) is 25.2 Å². The number of aromatic nitrogens is 2. The van der Waals surface area contributed by atoms with Gasteiger partial charge in [-0.1, -0.05) is 30.7 Å². The van der Waals surface area contributed by atoms with Crippen molar-refractivity contribution < 1.29 is 9.72 Å². The summed E-state index contributed by atoms with van der Waals surface area (Å²) in [5.41, 5.74) is 0.172. The summed E-state index contributed by atoms with van der Waals surface area (Å²) in [4.78, 5) is 44.0. The van der Waals surface area contributed by atoms with Crippen LogP contribution in [-0.4, -0.2) is 32.9 Å². The van der Waals surface area contributed by atoms with Gasteiger partial charge in [-0.15, -0.1) is 0 Å². The standard InChI is InChI=1S/C19H18ClN5O4/c1-3-15(17-22-14-7-5-4-6-12(14)18(26)23-17)24(2)19(27)21-11-8-9-13(20)16(10-11)25(28)29/h4-10,15H,3H2,1-2H3,(H,21,27)(H,22,23,26). The average molecular weight is 416 g/mol. The van der Waals surface area contributed by atoms with Crippen molar-refractivity contribution in [3.8, 4) is 0 Å². The highest BCUT2D eigenvalue weighted by atomic mass is 35.5. The van der Waals surface area contributed by atoms with Gasteiger partial charge < -0.3 is 15.2 Å². The lowest BCUT2D eigenvalue weighted by Gasteiger charge is -2.26. The molecule has 0 saturated heterocycles. The number of urea groups is 1. The number of para-hydroxylation sites is 1. The number of aromatic amines is 1. The molecule has 0 saturated carbocycles. The van der Waals surface area contributed by atoms with Crippen molar-refractivity contribution in [2.75, 3.05) is 12.4 Å². The van der Waals surface area contributed by atoms with Crippen molar-refractivity contribution >= 4 is 39.9 Å². The molecule has 1 heterocycles. The highest BCUT2D eigenvalue weighted by Crippen LogP contribution is 2.28. The number of nitro benzene ring substituents is 1. The van der Waals surface area contributed by atoms with E-state index in [0.717, 1.165) is 0 Å². The Morgan fingerprint density at radius 2 is 2.07 bits per heavy atom. The Morgan fingerprint density at radius 3 is 2.76 bits per heavy atom. The molecule has 9 nitrogen and oxygen atoms in total.